The van der Waals surface area contributed by atoms with Gasteiger partial charge >= 0.3 is 0 Å². The zero-order chi connectivity index (χ0) is 19.1. The minimum atomic E-state index is -0.345. The Kier molecular flexibility index (Phi) is 5.84. The van der Waals surface area contributed by atoms with E-state index in [1.54, 1.807) is 41.6 Å². The molecule has 0 unspecified atom stereocenters. The Labute approximate surface area is 157 Å². The zero-order valence-electron chi connectivity index (χ0n) is 14.9. The Bertz CT molecular complexity index is 916. The van der Waals surface area contributed by atoms with E-state index in [1.165, 1.54) is 12.4 Å². The zero-order valence-corrected chi connectivity index (χ0v) is 14.9. The van der Waals surface area contributed by atoms with Gasteiger partial charge in [-0.25, -0.2) is 9.97 Å². The standard InChI is InChI=1S/C20H19N5O2/c1-2-25(14-15-8-10-21-11-9-15)20(27)17-18(23-13-12-22-17)24-19(26)16-6-4-3-5-7-16/h3-13H,2,14H2,1H3,(H,23,24,26). The Balaban J connectivity index is 1.81. The van der Waals surface area contributed by atoms with Gasteiger partial charge in [-0.2, -0.15) is 0 Å². The highest BCUT2D eigenvalue weighted by atomic mass is 16.2. The van der Waals surface area contributed by atoms with E-state index >= 15 is 0 Å². The summed E-state index contributed by atoms with van der Waals surface area (Å²) in [7, 11) is 0. The third-order valence-electron chi connectivity index (χ3n) is 3.96. The van der Waals surface area contributed by atoms with Gasteiger partial charge < -0.3 is 10.2 Å². The van der Waals surface area contributed by atoms with E-state index in [4.69, 9.17) is 0 Å². The van der Waals surface area contributed by atoms with Gasteiger partial charge in [0.1, 0.15) is 0 Å². The first-order chi connectivity index (χ1) is 13.2. The number of carbonyl (C=O) groups excluding carboxylic acids is 2. The van der Waals surface area contributed by atoms with Crippen LogP contribution in [0.4, 0.5) is 5.82 Å². The molecule has 0 bridgehead atoms. The van der Waals surface area contributed by atoms with E-state index in [0.29, 0.717) is 18.7 Å². The summed E-state index contributed by atoms with van der Waals surface area (Å²) in [5.74, 6) is -0.502. The molecule has 0 aliphatic heterocycles. The van der Waals surface area contributed by atoms with Crippen LogP contribution >= 0.6 is 0 Å². The number of amides is 2. The lowest BCUT2D eigenvalue weighted by atomic mass is 10.2. The second-order valence-electron chi connectivity index (χ2n) is 5.75. The Morgan fingerprint density at radius 3 is 2.37 bits per heavy atom. The molecule has 0 spiro atoms. The van der Waals surface area contributed by atoms with Gasteiger partial charge in [-0.15, -0.1) is 0 Å². The molecule has 0 aliphatic carbocycles. The summed E-state index contributed by atoms with van der Waals surface area (Å²) in [4.78, 5) is 39.3. The summed E-state index contributed by atoms with van der Waals surface area (Å²) in [5, 5.41) is 2.68. The molecule has 0 fully saturated rings. The van der Waals surface area contributed by atoms with E-state index in [2.05, 4.69) is 20.3 Å². The SMILES string of the molecule is CCN(Cc1ccncc1)C(=O)c1nccnc1NC(=O)c1ccccc1. The summed E-state index contributed by atoms with van der Waals surface area (Å²) in [6.07, 6.45) is 6.24. The van der Waals surface area contributed by atoms with Crippen LogP contribution in [-0.4, -0.2) is 38.2 Å². The fraction of sp³-hybridized carbons (Fsp3) is 0.150. The van der Waals surface area contributed by atoms with Crippen molar-refractivity contribution < 1.29 is 9.59 Å². The van der Waals surface area contributed by atoms with Crippen LogP contribution in [0.1, 0.15) is 33.3 Å². The molecule has 2 amide bonds. The molecule has 0 atom stereocenters. The number of hydrogen-bond acceptors (Lipinski definition) is 5. The lowest BCUT2D eigenvalue weighted by Crippen LogP contribution is -2.32. The van der Waals surface area contributed by atoms with Crippen molar-refractivity contribution in [2.24, 2.45) is 0 Å². The van der Waals surface area contributed by atoms with E-state index in [1.807, 2.05) is 25.1 Å². The van der Waals surface area contributed by atoms with Crippen LogP contribution in [0.25, 0.3) is 0 Å². The normalized spacial score (nSPS) is 10.3. The van der Waals surface area contributed by atoms with Crippen molar-refractivity contribution >= 4 is 17.6 Å². The Morgan fingerprint density at radius 1 is 0.963 bits per heavy atom. The van der Waals surface area contributed by atoms with Gasteiger partial charge in [0.05, 0.1) is 0 Å². The monoisotopic (exact) mass is 361 g/mol. The summed E-state index contributed by atoms with van der Waals surface area (Å²) < 4.78 is 0. The number of anilines is 1. The quantitative estimate of drug-likeness (QED) is 0.729. The predicted octanol–water partition coefficient (Wildman–Crippen LogP) is 2.79. The molecule has 1 aromatic carbocycles. The largest absolute Gasteiger partial charge is 0.333 e. The molecule has 2 aromatic heterocycles. The number of hydrogen-bond donors (Lipinski definition) is 1. The predicted molar refractivity (Wildman–Crippen MR) is 101 cm³/mol. The van der Waals surface area contributed by atoms with E-state index in [9.17, 15) is 9.59 Å². The summed E-state index contributed by atoms with van der Waals surface area (Å²) in [6, 6.07) is 12.4. The van der Waals surface area contributed by atoms with E-state index < -0.39 is 0 Å². The number of carbonyl (C=O) groups is 2. The van der Waals surface area contributed by atoms with Gasteiger partial charge in [0.2, 0.25) is 0 Å². The number of aromatic nitrogens is 3. The Morgan fingerprint density at radius 2 is 1.67 bits per heavy atom. The van der Waals surface area contributed by atoms with Crippen LogP contribution in [0.2, 0.25) is 0 Å². The molecule has 2 heterocycles. The molecule has 3 aromatic rings. The highest BCUT2D eigenvalue weighted by molar-refractivity contribution is 6.07. The molecule has 1 N–H and O–H groups in total. The minimum absolute atomic E-state index is 0.109. The van der Waals surface area contributed by atoms with Crippen LogP contribution in [0.5, 0.6) is 0 Å². The van der Waals surface area contributed by atoms with Gasteiger partial charge in [-0.1, -0.05) is 18.2 Å². The van der Waals surface area contributed by atoms with Crippen molar-refractivity contribution in [3.8, 4) is 0 Å². The first-order valence-corrected chi connectivity index (χ1v) is 8.54. The minimum Gasteiger partial charge on any atom is -0.333 e. The second kappa shape index (κ2) is 8.66. The fourth-order valence-corrected chi connectivity index (χ4v) is 2.54. The molecule has 3 rings (SSSR count). The van der Waals surface area contributed by atoms with E-state index in [0.717, 1.165) is 5.56 Å². The van der Waals surface area contributed by atoms with E-state index in [-0.39, 0.29) is 23.3 Å². The number of rotatable bonds is 6. The molecular formula is C20H19N5O2. The van der Waals surface area contributed by atoms with Crippen LogP contribution in [-0.2, 0) is 6.54 Å². The smallest absolute Gasteiger partial charge is 0.276 e. The molecule has 0 saturated carbocycles. The molecule has 136 valence electrons. The molecule has 0 aliphatic rings. The highest BCUT2D eigenvalue weighted by Crippen LogP contribution is 2.15. The van der Waals surface area contributed by atoms with Gasteiger partial charge in [-0.05, 0) is 36.8 Å². The third kappa shape index (κ3) is 4.52. The van der Waals surface area contributed by atoms with Crippen molar-refractivity contribution in [2.75, 3.05) is 11.9 Å². The van der Waals surface area contributed by atoms with Crippen LogP contribution in [0.15, 0.2) is 67.3 Å². The molecule has 0 saturated heterocycles. The average molecular weight is 361 g/mol. The first kappa shape index (κ1) is 18.2. The number of nitrogens with zero attached hydrogens (tertiary/aromatic N) is 4. The lowest BCUT2D eigenvalue weighted by molar-refractivity contribution is 0.0747. The molecule has 7 heteroatoms. The van der Waals surface area contributed by atoms with Crippen molar-refractivity contribution in [1.82, 2.24) is 19.9 Å². The summed E-state index contributed by atoms with van der Waals surface area (Å²) in [6.45, 7) is 2.79. The second-order valence-corrected chi connectivity index (χ2v) is 5.75. The maximum atomic E-state index is 13.0. The number of pyridine rings is 1. The van der Waals surface area contributed by atoms with Crippen molar-refractivity contribution in [1.29, 1.82) is 0 Å². The van der Waals surface area contributed by atoms with Crippen LogP contribution in [0.3, 0.4) is 0 Å². The Hall–Kier alpha value is -3.61. The van der Waals surface area contributed by atoms with Crippen LogP contribution < -0.4 is 5.32 Å². The first-order valence-electron chi connectivity index (χ1n) is 8.54. The summed E-state index contributed by atoms with van der Waals surface area (Å²) in [5.41, 5.74) is 1.54. The third-order valence-corrected chi connectivity index (χ3v) is 3.96. The molecule has 0 radical (unpaired) electrons. The highest BCUT2D eigenvalue weighted by Gasteiger charge is 2.21. The number of nitrogens with one attached hydrogen (secondary N) is 1. The van der Waals surface area contributed by atoms with Gasteiger partial charge in [0, 0.05) is 43.4 Å². The molecule has 27 heavy (non-hydrogen) atoms. The van der Waals surface area contributed by atoms with Gasteiger partial charge in [0.15, 0.2) is 11.5 Å². The van der Waals surface area contributed by atoms with Crippen molar-refractivity contribution in [3.63, 3.8) is 0 Å². The van der Waals surface area contributed by atoms with Crippen molar-refractivity contribution in [3.05, 3.63) is 84.1 Å². The maximum absolute atomic E-state index is 13.0. The van der Waals surface area contributed by atoms with Crippen LogP contribution in [0, 0.1) is 0 Å². The topological polar surface area (TPSA) is 88.1 Å². The number of benzene rings is 1. The summed E-state index contributed by atoms with van der Waals surface area (Å²) >= 11 is 0. The van der Waals surface area contributed by atoms with Crippen molar-refractivity contribution in [2.45, 2.75) is 13.5 Å². The lowest BCUT2D eigenvalue weighted by Gasteiger charge is -2.21. The fourth-order valence-electron chi connectivity index (χ4n) is 2.54. The molecular weight excluding hydrogens is 342 g/mol. The maximum Gasteiger partial charge on any atom is 0.276 e. The average Bonchev–Trinajstić information content (AvgIpc) is 2.73. The van der Waals surface area contributed by atoms with Gasteiger partial charge in [0.25, 0.3) is 11.8 Å². The van der Waals surface area contributed by atoms with Gasteiger partial charge in [-0.3, -0.25) is 14.6 Å². The molecule has 7 nitrogen and oxygen atoms in total.